The highest BCUT2D eigenvalue weighted by atomic mass is 19.1. The molecule has 1 amide bonds. The van der Waals surface area contributed by atoms with Crippen molar-refractivity contribution in [2.24, 2.45) is 5.73 Å². The van der Waals surface area contributed by atoms with Crippen molar-refractivity contribution >= 4 is 16.8 Å². The van der Waals surface area contributed by atoms with Gasteiger partial charge in [0.15, 0.2) is 0 Å². The molecule has 0 aliphatic rings. The molecular weight excluding hydrogens is 470 g/mol. The fourth-order valence-electron chi connectivity index (χ4n) is 4.29. The number of nitrogens with zero attached hydrogens (tertiary/aromatic N) is 2. The van der Waals surface area contributed by atoms with Crippen molar-refractivity contribution < 1.29 is 22.4 Å². The molecule has 0 fully saturated rings. The highest BCUT2D eigenvalue weighted by Crippen LogP contribution is 2.34. The minimum absolute atomic E-state index is 0.0972. The Balaban J connectivity index is 1.94. The minimum Gasteiger partial charge on any atom is -0.340 e. The molecule has 1 atom stereocenters. The second kappa shape index (κ2) is 10.5. The second-order valence-electron chi connectivity index (χ2n) is 8.88. The predicted molar refractivity (Wildman–Crippen MR) is 133 cm³/mol. The largest absolute Gasteiger partial charge is 0.340 e. The van der Waals surface area contributed by atoms with E-state index < -0.39 is 36.1 Å². The third-order valence-corrected chi connectivity index (χ3v) is 5.97. The molecule has 1 heterocycles. The Bertz CT molecular complexity index is 1390. The molecule has 36 heavy (non-hydrogen) atoms. The molecule has 1 aromatic heterocycles. The van der Waals surface area contributed by atoms with Crippen molar-refractivity contribution in [3.63, 3.8) is 0 Å². The number of hydrogen-bond acceptors (Lipinski definition) is 3. The van der Waals surface area contributed by atoms with Gasteiger partial charge in [0, 0.05) is 42.8 Å². The maximum atomic E-state index is 14.3. The van der Waals surface area contributed by atoms with Crippen LogP contribution in [0.25, 0.3) is 33.2 Å². The maximum absolute atomic E-state index is 14.3. The molecule has 4 nitrogen and oxygen atoms in total. The number of rotatable bonds is 7. The summed E-state index contributed by atoms with van der Waals surface area (Å²) in [5.41, 5.74) is 8.93. The lowest BCUT2D eigenvalue weighted by Crippen LogP contribution is -2.39. The SMILES string of the molecule is Cc1cc(F)cc(-c2cnc3ccc(-c4cc(F)cc(F)c4)cc3c2C(=O)N(C)C[C@@H](N)CCF)c1. The first-order valence-electron chi connectivity index (χ1n) is 11.4. The van der Waals surface area contributed by atoms with Gasteiger partial charge in [-0.05, 0) is 72.0 Å². The molecule has 0 spiro atoms. The smallest absolute Gasteiger partial charge is 0.255 e. The third-order valence-electron chi connectivity index (χ3n) is 5.97. The number of hydrogen-bond donors (Lipinski definition) is 1. The van der Waals surface area contributed by atoms with E-state index >= 15 is 0 Å². The Morgan fingerprint density at radius 3 is 2.28 bits per heavy atom. The highest BCUT2D eigenvalue weighted by Gasteiger charge is 2.23. The number of carbonyl (C=O) groups is 1. The molecule has 186 valence electrons. The summed E-state index contributed by atoms with van der Waals surface area (Å²) in [6, 6.07) is 12.0. The van der Waals surface area contributed by atoms with Gasteiger partial charge in [-0.1, -0.05) is 12.1 Å². The van der Waals surface area contributed by atoms with Gasteiger partial charge >= 0.3 is 0 Å². The van der Waals surface area contributed by atoms with Crippen molar-refractivity contribution in [3.05, 3.63) is 89.4 Å². The number of carbonyl (C=O) groups excluding carboxylic acids is 1. The van der Waals surface area contributed by atoms with Gasteiger partial charge in [-0.2, -0.15) is 0 Å². The van der Waals surface area contributed by atoms with Gasteiger partial charge < -0.3 is 10.6 Å². The van der Waals surface area contributed by atoms with Crippen LogP contribution in [0.2, 0.25) is 0 Å². The Morgan fingerprint density at radius 2 is 1.61 bits per heavy atom. The summed E-state index contributed by atoms with van der Waals surface area (Å²) in [6.45, 7) is 1.23. The van der Waals surface area contributed by atoms with E-state index in [-0.39, 0.29) is 24.1 Å². The molecule has 0 saturated carbocycles. The summed E-state index contributed by atoms with van der Waals surface area (Å²) in [5, 5.41) is 0.424. The maximum Gasteiger partial charge on any atom is 0.255 e. The van der Waals surface area contributed by atoms with Gasteiger partial charge in [-0.15, -0.1) is 0 Å². The lowest BCUT2D eigenvalue weighted by atomic mass is 9.93. The monoisotopic (exact) mass is 495 g/mol. The van der Waals surface area contributed by atoms with Gasteiger partial charge in [-0.3, -0.25) is 14.2 Å². The van der Waals surface area contributed by atoms with Crippen LogP contribution in [0, 0.1) is 24.4 Å². The van der Waals surface area contributed by atoms with Crippen molar-refractivity contribution in [1.82, 2.24) is 9.88 Å². The third kappa shape index (κ3) is 5.39. The molecule has 0 radical (unpaired) electrons. The predicted octanol–water partition coefficient (Wildman–Crippen LogP) is 6.05. The van der Waals surface area contributed by atoms with Crippen molar-refractivity contribution in [3.8, 4) is 22.3 Å². The average molecular weight is 496 g/mol. The summed E-state index contributed by atoms with van der Waals surface area (Å²) in [6.07, 6.45) is 1.60. The first kappa shape index (κ1) is 25.3. The zero-order valence-electron chi connectivity index (χ0n) is 19.9. The van der Waals surface area contributed by atoms with Crippen LogP contribution in [0.3, 0.4) is 0 Å². The Morgan fingerprint density at radius 1 is 0.944 bits per heavy atom. The number of aromatic nitrogens is 1. The van der Waals surface area contributed by atoms with E-state index in [0.717, 1.165) is 6.07 Å². The van der Waals surface area contributed by atoms with Gasteiger partial charge in [0.05, 0.1) is 17.8 Å². The Kier molecular flexibility index (Phi) is 7.35. The van der Waals surface area contributed by atoms with Crippen LogP contribution in [-0.2, 0) is 0 Å². The van der Waals surface area contributed by atoms with Crippen molar-refractivity contribution in [2.75, 3.05) is 20.3 Å². The summed E-state index contributed by atoms with van der Waals surface area (Å²) >= 11 is 0. The molecule has 4 aromatic rings. The molecule has 0 aliphatic heterocycles. The standard InChI is InChI=1S/C28H25F4N3O/c1-16-7-19(11-20(30)8-16)25-14-34-26-4-3-17(18-9-21(31)13-22(32)10-18)12-24(26)27(25)28(36)35(2)15-23(33)5-6-29/h3-4,7-14,23H,5-6,15,33H2,1-2H3/t23-/m0/s1. The van der Waals surface area contributed by atoms with E-state index in [4.69, 9.17) is 5.73 Å². The van der Waals surface area contributed by atoms with Gasteiger partial charge in [0.25, 0.3) is 5.91 Å². The number of aryl methyl sites for hydroxylation is 1. The van der Waals surface area contributed by atoms with Gasteiger partial charge in [-0.25, -0.2) is 13.2 Å². The lowest BCUT2D eigenvalue weighted by Gasteiger charge is -2.23. The average Bonchev–Trinajstić information content (AvgIpc) is 2.81. The molecule has 0 unspecified atom stereocenters. The summed E-state index contributed by atoms with van der Waals surface area (Å²) in [7, 11) is 1.55. The van der Waals surface area contributed by atoms with Crippen LogP contribution in [0.4, 0.5) is 17.6 Å². The molecule has 0 aliphatic carbocycles. The number of halogens is 4. The first-order valence-corrected chi connectivity index (χ1v) is 11.4. The van der Waals surface area contributed by atoms with Gasteiger partial charge in [0.1, 0.15) is 17.5 Å². The number of alkyl halides is 1. The van der Waals surface area contributed by atoms with Gasteiger partial charge in [0.2, 0.25) is 0 Å². The second-order valence-corrected chi connectivity index (χ2v) is 8.88. The number of fused-ring (bicyclic) bond motifs is 1. The fourth-order valence-corrected chi connectivity index (χ4v) is 4.29. The van der Waals surface area contributed by atoms with E-state index in [1.807, 2.05) is 0 Å². The molecule has 4 rings (SSSR count). The molecule has 8 heteroatoms. The van der Waals surface area contributed by atoms with Crippen LogP contribution in [0.5, 0.6) is 0 Å². The fraction of sp³-hybridized carbons (Fsp3) is 0.214. The lowest BCUT2D eigenvalue weighted by molar-refractivity contribution is 0.0786. The number of nitrogens with two attached hydrogens (primary N) is 1. The Hall–Kier alpha value is -3.78. The van der Waals surface area contributed by atoms with Crippen molar-refractivity contribution in [2.45, 2.75) is 19.4 Å². The van der Waals surface area contributed by atoms with E-state index in [9.17, 15) is 22.4 Å². The summed E-state index contributed by atoms with van der Waals surface area (Å²) < 4.78 is 54.9. The number of amides is 1. The molecular formula is C28H25F4N3O. The number of benzene rings is 3. The minimum atomic E-state index is -0.731. The van der Waals surface area contributed by atoms with Crippen LogP contribution < -0.4 is 5.73 Å². The van der Waals surface area contributed by atoms with E-state index in [0.29, 0.717) is 33.2 Å². The van der Waals surface area contributed by atoms with Crippen LogP contribution in [-0.4, -0.2) is 42.1 Å². The van der Waals surface area contributed by atoms with E-state index in [2.05, 4.69) is 4.98 Å². The molecule has 0 bridgehead atoms. The first-order chi connectivity index (χ1) is 17.2. The van der Waals surface area contributed by atoms with Crippen molar-refractivity contribution in [1.29, 1.82) is 0 Å². The number of likely N-dealkylation sites (N-methyl/N-ethyl adjacent to an activating group) is 1. The Labute approximate surface area is 206 Å². The zero-order chi connectivity index (χ0) is 26.0. The highest BCUT2D eigenvalue weighted by molar-refractivity contribution is 6.12. The topological polar surface area (TPSA) is 59.2 Å². The molecule has 0 saturated heterocycles. The molecule has 2 N–H and O–H groups in total. The molecule has 3 aromatic carbocycles. The normalized spacial score (nSPS) is 12.1. The van der Waals surface area contributed by atoms with Crippen LogP contribution in [0.1, 0.15) is 22.3 Å². The quantitative estimate of drug-likeness (QED) is 0.318. The van der Waals surface area contributed by atoms with Crippen LogP contribution >= 0.6 is 0 Å². The zero-order valence-corrected chi connectivity index (χ0v) is 19.9. The number of pyridine rings is 1. The van der Waals surface area contributed by atoms with Crippen LogP contribution in [0.15, 0.2) is 60.8 Å². The summed E-state index contributed by atoms with van der Waals surface area (Å²) in [5.74, 6) is -2.35. The van der Waals surface area contributed by atoms with E-state index in [1.54, 1.807) is 38.2 Å². The van der Waals surface area contributed by atoms with E-state index in [1.165, 1.54) is 35.4 Å². The summed E-state index contributed by atoms with van der Waals surface area (Å²) in [4.78, 5) is 19.6.